The van der Waals surface area contributed by atoms with Gasteiger partial charge < -0.3 is 14.7 Å². The van der Waals surface area contributed by atoms with Crippen LogP contribution in [0.25, 0.3) is 11.1 Å². The Hall–Kier alpha value is -3.37. The minimum absolute atomic E-state index is 0.291. The molecule has 0 fully saturated rings. The Morgan fingerprint density at radius 2 is 1.35 bits per heavy atom. The first-order valence-corrected chi connectivity index (χ1v) is 10.5. The maximum absolute atomic E-state index is 11.2. The van der Waals surface area contributed by atoms with Crippen LogP contribution < -0.4 is 4.74 Å². The molecular weight excluding hydrogens is 386 g/mol. The standard InChI is InChI=1S/C27H29NO3/c1-4-25(20-10-12-23(13-11-20)27(29)30)26(21-8-6-5-7-9-21)22-14-16-24(17-15-22)31-19-18-28(2)3/h5-17H,4,18-19H2,1-3H3,(H,29,30)/b26-25-. The van der Waals surface area contributed by atoms with Gasteiger partial charge >= 0.3 is 5.97 Å². The number of hydrogen-bond donors (Lipinski definition) is 1. The summed E-state index contributed by atoms with van der Waals surface area (Å²) in [5, 5.41) is 9.23. The van der Waals surface area contributed by atoms with Crippen LogP contribution in [-0.2, 0) is 0 Å². The van der Waals surface area contributed by atoms with Crippen LogP contribution in [0.3, 0.4) is 0 Å². The van der Waals surface area contributed by atoms with Crippen molar-refractivity contribution in [2.24, 2.45) is 0 Å². The SMILES string of the molecule is CC/C(=C(\c1ccccc1)c1ccc(OCCN(C)C)cc1)c1ccc(C(=O)O)cc1. The maximum atomic E-state index is 11.2. The van der Waals surface area contributed by atoms with Crippen molar-refractivity contribution in [3.8, 4) is 5.75 Å². The number of carboxylic acids is 1. The molecule has 1 N–H and O–H groups in total. The highest BCUT2D eigenvalue weighted by Gasteiger charge is 2.14. The third kappa shape index (κ3) is 5.83. The summed E-state index contributed by atoms with van der Waals surface area (Å²) in [7, 11) is 4.05. The van der Waals surface area contributed by atoms with Gasteiger partial charge in [-0.15, -0.1) is 0 Å². The second-order valence-electron chi connectivity index (χ2n) is 7.63. The molecule has 160 valence electrons. The number of benzene rings is 3. The summed E-state index contributed by atoms with van der Waals surface area (Å²) in [5.41, 5.74) is 5.86. The number of carbonyl (C=O) groups is 1. The molecule has 0 amide bonds. The lowest BCUT2D eigenvalue weighted by molar-refractivity contribution is 0.0697. The van der Waals surface area contributed by atoms with Gasteiger partial charge in [0.2, 0.25) is 0 Å². The Morgan fingerprint density at radius 1 is 0.806 bits per heavy atom. The molecule has 0 radical (unpaired) electrons. The quantitative estimate of drug-likeness (QED) is 0.456. The topological polar surface area (TPSA) is 49.8 Å². The summed E-state index contributed by atoms with van der Waals surface area (Å²) < 4.78 is 5.85. The van der Waals surface area contributed by atoms with Crippen molar-refractivity contribution < 1.29 is 14.6 Å². The molecule has 3 aromatic rings. The van der Waals surface area contributed by atoms with Gasteiger partial charge in [0.05, 0.1) is 5.56 Å². The van der Waals surface area contributed by atoms with Crippen LogP contribution in [0.5, 0.6) is 5.75 Å². The molecular formula is C27H29NO3. The van der Waals surface area contributed by atoms with Crippen LogP contribution >= 0.6 is 0 Å². The molecule has 4 heteroatoms. The van der Waals surface area contributed by atoms with Gasteiger partial charge in [0.15, 0.2) is 0 Å². The molecule has 0 aliphatic rings. The summed E-state index contributed by atoms with van der Waals surface area (Å²) >= 11 is 0. The van der Waals surface area contributed by atoms with Crippen LogP contribution in [0.4, 0.5) is 0 Å². The van der Waals surface area contributed by atoms with Crippen LogP contribution in [0.15, 0.2) is 78.9 Å². The summed E-state index contributed by atoms with van der Waals surface area (Å²) in [5.74, 6) is -0.0661. The van der Waals surface area contributed by atoms with Gasteiger partial charge in [0, 0.05) is 6.54 Å². The Balaban J connectivity index is 2.02. The monoisotopic (exact) mass is 415 g/mol. The van der Waals surface area contributed by atoms with Crippen LogP contribution in [-0.4, -0.2) is 43.2 Å². The number of aromatic carboxylic acids is 1. The summed E-state index contributed by atoms with van der Waals surface area (Å²) in [6, 6.07) is 25.6. The Bertz CT molecular complexity index is 1020. The molecule has 3 rings (SSSR count). The fraction of sp³-hybridized carbons (Fsp3) is 0.222. The second-order valence-corrected chi connectivity index (χ2v) is 7.63. The molecule has 0 bridgehead atoms. The molecule has 0 aliphatic carbocycles. The molecule has 0 spiro atoms. The Kier molecular flexibility index (Phi) is 7.63. The summed E-state index contributed by atoms with van der Waals surface area (Å²) in [4.78, 5) is 13.3. The van der Waals surface area contributed by atoms with Gasteiger partial charge in [0.1, 0.15) is 12.4 Å². The molecule has 0 aromatic heterocycles. The van der Waals surface area contributed by atoms with Crippen molar-refractivity contribution in [3.63, 3.8) is 0 Å². The average molecular weight is 416 g/mol. The van der Waals surface area contributed by atoms with Gasteiger partial charge in [-0.2, -0.15) is 0 Å². The Morgan fingerprint density at radius 3 is 1.90 bits per heavy atom. The highest BCUT2D eigenvalue weighted by Crippen LogP contribution is 2.35. The second kappa shape index (κ2) is 10.6. The molecule has 0 saturated carbocycles. The molecule has 0 atom stereocenters. The van der Waals surface area contributed by atoms with E-state index < -0.39 is 5.97 Å². The van der Waals surface area contributed by atoms with E-state index >= 15 is 0 Å². The summed E-state index contributed by atoms with van der Waals surface area (Å²) in [6.07, 6.45) is 0.817. The van der Waals surface area contributed by atoms with E-state index in [9.17, 15) is 9.90 Å². The van der Waals surface area contributed by atoms with Crippen LogP contribution in [0.2, 0.25) is 0 Å². The lowest BCUT2D eigenvalue weighted by Crippen LogP contribution is -2.19. The van der Waals surface area contributed by atoms with E-state index in [0.29, 0.717) is 12.2 Å². The van der Waals surface area contributed by atoms with Crippen molar-refractivity contribution in [1.82, 2.24) is 4.90 Å². The van der Waals surface area contributed by atoms with E-state index in [1.165, 1.54) is 5.57 Å². The molecule has 0 saturated heterocycles. The zero-order chi connectivity index (χ0) is 22.2. The normalized spacial score (nSPS) is 11.9. The first kappa shape index (κ1) is 22.3. The lowest BCUT2D eigenvalue weighted by Gasteiger charge is -2.17. The fourth-order valence-corrected chi connectivity index (χ4v) is 3.52. The average Bonchev–Trinajstić information content (AvgIpc) is 2.78. The van der Waals surface area contributed by atoms with Crippen LogP contribution in [0.1, 0.15) is 40.4 Å². The van der Waals surface area contributed by atoms with Gasteiger partial charge in [-0.1, -0.05) is 61.5 Å². The largest absolute Gasteiger partial charge is 0.492 e. The number of ether oxygens (including phenoxy) is 1. The molecule has 0 heterocycles. The third-order valence-electron chi connectivity index (χ3n) is 5.15. The summed E-state index contributed by atoms with van der Waals surface area (Å²) in [6.45, 7) is 3.63. The fourth-order valence-electron chi connectivity index (χ4n) is 3.52. The van der Waals surface area contributed by atoms with E-state index in [0.717, 1.165) is 41.0 Å². The van der Waals surface area contributed by atoms with E-state index in [1.807, 2.05) is 56.6 Å². The van der Waals surface area contributed by atoms with E-state index in [2.05, 4.69) is 36.1 Å². The van der Waals surface area contributed by atoms with Gasteiger partial charge in [-0.3, -0.25) is 0 Å². The molecule has 31 heavy (non-hydrogen) atoms. The lowest BCUT2D eigenvalue weighted by atomic mass is 9.88. The zero-order valence-corrected chi connectivity index (χ0v) is 18.3. The number of likely N-dealkylation sites (N-methyl/N-ethyl adjacent to an activating group) is 1. The number of nitrogens with zero attached hydrogens (tertiary/aromatic N) is 1. The van der Waals surface area contributed by atoms with Gasteiger partial charge in [-0.05, 0) is 72.6 Å². The number of hydrogen-bond acceptors (Lipinski definition) is 3. The molecule has 0 aliphatic heterocycles. The predicted molar refractivity (Wildman–Crippen MR) is 127 cm³/mol. The zero-order valence-electron chi connectivity index (χ0n) is 18.3. The highest BCUT2D eigenvalue weighted by atomic mass is 16.5. The van der Waals surface area contributed by atoms with Crippen molar-refractivity contribution in [2.75, 3.05) is 27.2 Å². The third-order valence-corrected chi connectivity index (χ3v) is 5.15. The Labute approximate surface area is 184 Å². The van der Waals surface area contributed by atoms with Gasteiger partial charge in [0.25, 0.3) is 0 Å². The molecule has 0 unspecified atom stereocenters. The first-order chi connectivity index (χ1) is 15.0. The van der Waals surface area contributed by atoms with Gasteiger partial charge in [-0.25, -0.2) is 4.79 Å². The number of rotatable bonds is 9. The smallest absolute Gasteiger partial charge is 0.335 e. The molecule has 4 nitrogen and oxygen atoms in total. The minimum Gasteiger partial charge on any atom is -0.492 e. The van der Waals surface area contributed by atoms with E-state index in [1.54, 1.807) is 12.1 Å². The highest BCUT2D eigenvalue weighted by molar-refractivity contribution is 5.99. The van der Waals surface area contributed by atoms with E-state index in [4.69, 9.17) is 4.74 Å². The maximum Gasteiger partial charge on any atom is 0.335 e. The van der Waals surface area contributed by atoms with Crippen molar-refractivity contribution >= 4 is 17.1 Å². The van der Waals surface area contributed by atoms with Crippen LogP contribution in [0, 0.1) is 0 Å². The predicted octanol–water partition coefficient (Wildman–Crippen LogP) is 5.69. The number of carboxylic acid groups (broad SMARTS) is 1. The van der Waals surface area contributed by atoms with Crippen molar-refractivity contribution in [3.05, 3.63) is 101 Å². The first-order valence-electron chi connectivity index (χ1n) is 10.5. The van der Waals surface area contributed by atoms with Crippen molar-refractivity contribution in [2.45, 2.75) is 13.3 Å². The molecule has 3 aromatic carbocycles. The number of allylic oxidation sites excluding steroid dienone is 1. The van der Waals surface area contributed by atoms with Crippen molar-refractivity contribution in [1.29, 1.82) is 0 Å². The minimum atomic E-state index is -0.915. The van der Waals surface area contributed by atoms with E-state index in [-0.39, 0.29) is 0 Å².